The molecule has 18 heavy (non-hydrogen) atoms. The Kier molecular flexibility index (Phi) is 19.7. The first-order valence-corrected chi connectivity index (χ1v) is 6.93. The maximum absolute atomic E-state index is 11.3. The van der Waals surface area contributed by atoms with Crippen molar-refractivity contribution in [3.63, 3.8) is 0 Å². The van der Waals surface area contributed by atoms with E-state index in [1.807, 2.05) is 6.29 Å². The summed E-state index contributed by atoms with van der Waals surface area (Å²) >= 11 is 0. The maximum Gasteiger partial charge on any atom is 0.219 e. The normalized spacial score (nSPS) is 9.61. The van der Waals surface area contributed by atoms with Crippen molar-refractivity contribution in [2.45, 2.75) is 71.1 Å². The molecule has 1 amide bonds. The van der Waals surface area contributed by atoms with Gasteiger partial charge in [-0.05, 0) is 12.8 Å². The Balaban J connectivity index is 0. The van der Waals surface area contributed by atoms with Crippen molar-refractivity contribution in [2.75, 3.05) is 6.54 Å². The number of carbonyl (C=O) groups is 1. The van der Waals surface area contributed by atoms with Gasteiger partial charge in [-0.3, -0.25) is 11.1 Å². The minimum atomic E-state index is 0. The summed E-state index contributed by atoms with van der Waals surface area (Å²) < 4.78 is 0. The van der Waals surface area contributed by atoms with Gasteiger partial charge in [0.25, 0.3) is 0 Å². The summed E-state index contributed by atoms with van der Waals surface area (Å²) in [5.41, 5.74) is 0. The number of hydrogen-bond donors (Lipinski definition) is 1. The van der Waals surface area contributed by atoms with Gasteiger partial charge >= 0.3 is 0 Å². The molecule has 1 N–H and O–H groups in total. The van der Waals surface area contributed by atoms with Crippen LogP contribution in [0.15, 0.2) is 0 Å². The van der Waals surface area contributed by atoms with E-state index in [0.29, 0.717) is 12.8 Å². The molecule has 0 atom stereocenters. The second kappa shape index (κ2) is 17.2. The fraction of sp³-hybridized carbons (Fsp3) is 0.857. The van der Waals surface area contributed by atoms with Crippen LogP contribution in [0, 0.1) is 0 Å². The Bertz CT molecular complexity index is 198. The van der Waals surface area contributed by atoms with Crippen LogP contribution in [0.1, 0.15) is 71.1 Å². The number of nitrogens with one attached hydrogen (secondary N) is 1. The van der Waals surface area contributed by atoms with Crippen LogP contribution in [0.3, 0.4) is 0 Å². The first-order chi connectivity index (χ1) is 8.31. The molecule has 0 aliphatic heterocycles. The first kappa shape index (κ1) is 20.6. The summed E-state index contributed by atoms with van der Waals surface area (Å²) in [6.45, 7) is 3.01. The summed E-state index contributed by atoms with van der Waals surface area (Å²) in [4.78, 5) is 21.3. The van der Waals surface area contributed by atoms with E-state index in [4.69, 9.17) is 0 Å². The topological polar surface area (TPSA) is 46.2 Å². The second-order valence-corrected chi connectivity index (χ2v) is 4.47. The molecule has 4 heteroatoms. The summed E-state index contributed by atoms with van der Waals surface area (Å²) in [5.74, 6) is 0.115. The van der Waals surface area contributed by atoms with E-state index in [0.717, 1.165) is 25.8 Å². The third-order valence-electron chi connectivity index (χ3n) is 2.79. The molecule has 3 nitrogen and oxygen atoms in total. The average molecular weight is 329 g/mol. The van der Waals surface area contributed by atoms with Crippen molar-refractivity contribution in [1.29, 1.82) is 0 Å². The molecule has 103 valence electrons. The Morgan fingerprint density at radius 2 is 1.67 bits per heavy atom. The van der Waals surface area contributed by atoms with Gasteiger partial charge in [0.2, 0.25) is 5.91 Å². The van der Waals surface area contributed by atoms with Gasteiger partial charge in [-0.15, -0.1) is 0 Å². The van der Waals surface area contributed by atoms with Crippen molar-refractivity contribution in [3.05, 3.63) is 0 Å². The zero-order chi connectivity index (χ0) is 12.8. The number of carbonyl (C=O) groups excluding carboxylic acids is 2. The number of rotatable bonds is 12. The fourth-order valence-corrected chi connectivity index (χ4v) is 1.70. The van der Waals surface area contributed by atoms with Gasteiger partial charge in [0, 0.05) is 45.7 Å². The van der Waals surface area contributed by atoms with Crippen LogP contribution in [0.4, 0.5) is 0 Å². The minimum Gasteiger partial charge on any atom is -0.542 e. The van der Waals surface area contributed by atoms with Crippen LogP contribution >= 0.6 is 0 Å². The van der Waals surface area contributed by atoms with Gasteiger partial charge in [-0.2, -0.15) is 6.42 Å². The molecule has 0 saturated heterocycles. The van der Waals surface area contributed by atoms with Crippen LogP contribution in [0.2, 0.25) is 0 Å². The van der Waals surface area contributed by atoms with Crippen molar-refractivity contribution < 1.29 is 42.3 Å². The van der Waals surface area contributed by atoms with E-state index in [2.05, 4.69) is 12.2 Å². The Morgan fingerprint density at radius 1 is 1.00 bits per heavy atom. The van der Waals surface area contributed by atoms with E-state index in [-0.39, 0.29) is 38.6 Å². The summed E-state index contributed by atoms with van der Waals surface area (Å²) in [5, 5.41) is 2.91. The third-order valence-corrected chi connectivity index (χ3v) is 2.79. The van der Waals surface area contributed by atoms with Crippen LogP contribution in [0.25, 0.3) is 0 Å². The molecule has 0 saturated carbocycles. The molecule has 0 aromatic rings. The quantitative estimate of drug-likeness (QED) is 0.442. The number of hydrogen-bond acceptors (Lipinski definition) is 2. The minimum absolute atomic E-state index is 0. The largest absolute Gasteiger partial charge is 0.542 e. The molecular weight excluding hydrogens is 303 g/mol. The zero-order valence-electron chi connectivity index (χ0n) is 11.7. The molecule has 0 heterocycles. The van der Waals surface area contributed by atoms with Gasteiger partial charge in [0.15, 0.2) is 0 Å². The molecule has 0 spiro atoms. The van der Waals surface area contributed by atoms with Crippen LogP contribution < -0.4 is 5.32 Å². The predicted molar refractivity (Wildman–Crippen MR) is 70.5 cm³/mol. The molecule has 0 fully saturated rings. The van der Waals surface area contributed by atoms with E-state index in [1.54, 1.807) is 0 Å². The predicted octanol–water partition coefficient (Wildman–Crippen LogP) is 3.13. The van der Waals surface area contributed by atoms with Crippen molar-refractivity contribution >= 4 is 12.2 Å². The molecule has 0 aromatic heterocycles. The van der Waals surface area contributed by atoms with Gasteiger partial charge in [0.1, 0.15) is 0 Å². The zero-order valence-corrected chi connectivity index (χ0v) is 14.5. The Hall–Kier alpha value is 0.244. The van der Waals surface area contributed by atoms with Crippen molar-refractivity contribution in [3.8, 4) is 0 Å². The van der Waals surface area contributed by atoms with Gasteiger partial charge in [0.05, 0.1) is 0 Å². The second-order valence-electron chi connectivity index (χ2n) is 4.47. The standard InChI is InChI=1S/C14H26NO2.Y/c1-2-3-4-5-6-9-12-15-14(17)11-8-7-10-13-16;/h2-12H2,1H3,(H,15,17);/q-1;. The SMILES string of the molecule is CCCCCCCCNC(=O)CCCC[C-]=O.[Y]. The Morgan fingerprint density at radius 3 is 2.33 bits per heavy atom. The van der Waals surface area contributed by atoms with Crippen LogP contribution in [0.5, 0.6) is 0 Å². The van der Waals surface area contributed by atoms with E-state index in [9.17, 15) is 9.59 Å². The van der Waals surface area contributed by atoms with E-state index in [1.165, 1.54) is 32.1 Å². The van der Waals surface area contributed by atoms with Gasteiger partial charge < -0.3 is 10.1 Å². The van der Waals surface area contributed by atoms with Crippen molar-refractivity contribution in [1.82, 2.24) is 5.32 Å². The Labute approximate surface area is 137 Å². The van der Waals surface area contributed by atoms with E-state index < -0.39 is 0 Å². The molecule has 0 bridgehead atoms. The van der Waals surface area contributed by atoms with Gasteiger partial charge in [-0.25, -0.2) is 0 Å². The maximum atomic E-state index is 11.3. The summed E-state index contributed by atoms with van der Waals surface area (Å²) in [7, 11) is 0. The van der Waals surface area contributed by atoms with Gasteiger partial charge in [-0.1, -0.05) is 45.4 Å². The monoisotopic (exact) mass is 329 g/mol. The molecule has 0 aromatic carbocycles. The van der Waals surface area contributed by atoms with Crippen LogP contribution in [-0.2, 0) is 42.3 Å². The molecule has 0 aliphatic rings. The average Bonchev–Trinajstić information content (AvgIpc) is 2.33. The first-order valence-electron chi connectivity index (χ1n) is 6.93. The molecule has 0 unspecified atom stereocenters. The molecule has 1 radical (unpaired) electrons. The summed E-state index contributed by atoms with van der Waals surface area (Å²) in [6.07, 6.45) is 11.9. The number of amides is 1. The van der Waals surface area contributed by atoms with Crippen molar-refractivity contribution in [2.24, 2.45) is 0 Å². The number of unbranched alkanes of at least 4 members (excludes halogenated alkanes) is 7. The molecule has 0 aliphatic carbocycles. The summed E-state index contributed by atoms with van der Waals surface area (Å²) in [6, 6.07) is 0. The third kappa shape index (κ3) is 16.2. The fourth-order valence-electron chi connectivity index (χ4n) is 1.70. The van der Waals surface area contributed by atoms with Crippen LogP contribution in [-0.4, -0.2) is 18.7 Å². The van der Waals surface area contributed by atoms with E-state index >= 15 is 0 Å². The molecular formula is C14H26NO2Y-. The molecule has 0 rings (SSSR count). The smallest absolute Gasteiger partial charge is 0.219 e.